The lowest BCUT2D eigenvalue weighted by Gasteiger charge is -2.10. The fraction of sp³-hybridized carbons (Fsp3) is 0.294. The van der Waals surface area contributed by atoms with Gasteiger partial charge in [-0.1, -0.05) is 11.8 Å². The summed E-state index contributed by atoms with van der Waals surface area (Å²) >= 11 is 4.66. The molecule has 0 aliphatic heterocycles. The van der Waals surface area contributed by atoms with Crippen LogP contribution in [0.25, 0.3) is 15.2 Å². The van der Waals surface area contributed by atoms with Crippen molar-refractivity contribution in [3.63, 3.8) is 0 Å². The van der Waals surface area contributed by atoms with E-state index in [9.17, 15) is 4.79 Å². The average Bonchev–Trinajstić information content (AvgIpc) is 3.24. The molecular formula is C17H15N5OS3. The molecule has 26 heavy (non-hydrogen) atoms. The number of hydrogen-bond donors (Lipinski definition) is 1. The van der Waals surface area contributed by atoms with Crippen LogP contribution in [0.1, 0.15) is 29.0 Å². The predicted molar refractivity (Wildman–Crippen MR) is 107 cm³/mol. The predicted octanol–water partition coefficient (Wildman–Crippen LogP) is 3.51. The third-order valence-electron chi connectivity index (χ3n) is 4.53. The van der Waals surface area contributed by atoms with E-state index in [0.717, 1.165) is 28.8 Å². The van der Waals surface area contributed by atoms with Crippen molar-refractivity contribution in [2.24, 2.45) is 0 Å². The molecule has 9 heteroatoms. The molecule has 2 N–H and O–H groups in total. The second-order valence-electron chi connectivity index (χ2n) is 6.21. The van der Waals surface area contributed by atoms with Crippen molar-refractivity contribution in [2.45, 2.75) is 36.6 Å². The van der Waals surface area contributed by atoms with Crippen LogP contribution in [-0.2, 0) is 18.6 Å². The Kier molecular flexibility index (Phi) is 3.95. The monoisotopic (exact) mass is 401 g/mol. The van der Waals surface area contributed by atoms with E-state index in [0.29, 0.717) is 21.7 Å². The molecule has 0 spiro atoms. The van der Waals surface area contributed by atoms with Gasteiger partial charge in [0.2, 0.25) is 0 Å². The maximum Gasteiger partial charge on any atom is 0.258 e. The van der Waals surface area contributed by atoms with E-state index >= 15 is 0 Å². The number of nitrogens with zero attached hydrogens (tertiary/aromatic N) is 4. The first kappa shape index (κ1) is 16.2. The van der Waals surface area contributed by atoms with Crippen LogP contribution >= 0.6 is 34.4 Å². The molecule has 0 bridgehead atoms. The zero-order chi connectivity index (χ0) is 17.7. The molecule has 0 atom stereocenters. The molecule has 5 rings (SSSR count). The number of anilines is 1. The minimum absolute atomic E-state index is 0.0614. The number of nitrogens with two attached hydrogens (primary N) is 1. The standard InChI is InChI=1S/C17H15N5OS3/c18-14-13-10-3-1-2-4-11(10)26-15(13)21-16(20-14)25-8-9-7-12(23)22-5-6-24-17(22)19-9/h5-7H,1-4,8H2,(H2,18,20,21). The van der Waals surface area contributed by atoms with E-state index in [1.54, 1.807) is 28.0 Å². The molecule has 1 aliphatic carbocycles. The summed E-state index contributed by atoms with van der Waals surface area (Å²) in [6, 6.07) is 1.57. The Labute approximate surface area is 161 Å². The minimum atomic E-state index is -0.0614. The van der Waals surface area contributed by atoms with Crippen molar-refractivity contribution in [1.29, 1.82) is 0 Å². The normalized spacial score (nSPS) is 14.2. The van der Waals surface area contributed by atoms with Gasteiger partial charge in [-0.3, -0.25) is 9.20 Å². The fourth-order valence-corrected chi connectivity index (χ4v) is 6.14. The molecule has 0 radical (unpaired) electrons. The number of fused-ring (bicyclic) bond motifs is 4. The van der Waals surface area contributed by atoms with Gasteiger partial charge in [0.05, 0.1) is 11.1 Å². The van der Waals surface area contributed by atoms with Crippen LogP contribution in [0.2, 0.25) is 0 Å². The molecule has 132 valence electrons. The Bertz CT molecular complexity index is 1190. The van der Waals surface area contributed by atoms with Gasteiger partial charge in [0.1, 0.15) is 10.6 Å². The molecular weight excluding hydrogens is 386 g/mol. The van der Waals surface area contributed by atoms with Crippen LogP contribution in [-0.4, -0.2) is 19.4 Å². The van der Waals surface area contributed by atoms with Gasteiger partial charge in [-0.15, -0.1) is 22.7 Å². The first-order valence-corrected chi connectivity index (χ1v) is 11.0. The van der Waals surface area contributed by atoms with E-state index in [4.69, 9.17) is 10.7 Å². The Morgan fingerprint density at radius 1 is 1.23 bits per heavy atom. The molecule has 0 aromatic carbocycles. The summed E-state index contributed by atoms with van der Waals surface area (Å²) in [5.41, 5.74) is 8.27. The van der Waals surface area contributed by atoms with Crippen LogP contribution in [0, 0.1) is 0 Å². The molecule has 0 amide bonds. The largest absolute Gasteiger partial charge is 0.383 e. The van der Waals surface area contributed by atoms with Gasteiger partial charge in [0.25, 0.3) is 5.56 Å². The van der Waals surface area contributed by atoms with Crippen LogP contribution in [0.4, 0.5) is 5.82 Å². The summed E-state index contributed by atoms with van der Waals surface area (Å²) in [5, 5.41) is 3.55. The quantitative estimate of drug-likeness (QED) is 0.418. The summed E-state index contributed by atoms with van der Waals surface area (Å²) in [7, 11) is 0. The summed E-state index contributed by atoms with van der Waals surface area (Å²) in [5.74, 6) is 1.11. The zero-order valence-electron chi connectivity index (χ0n) is 13.8. The summed E-state index contributed by atoms with van der Waals surface area (Å²) < 4.78 is 1.55. The lowest BCUT2D eigenvalue weighted by molar-refractivity contribution is 0.700. The second-order valence-corrected chi connectivity index (χ2v) is 9.11. The number of nitrogen functional groups attached to an aromatic ring is 1. The molecule has 4 aromatic heterocycles. The number of thioether (sulfide) groups is 1. The summed E-state index contributed by atoms with van der Waals surface area (Å²) in [6.07, 6.45) is 6.38. The van der Waals surface area contributed by atoms with Crippen molar-refractivity contribution in [1.82, 2.24) is 19.4 Å². The number of aromatic nitrogens is 4. The number of thiazole rings is 1. The maximum absolute atomic E-state index is 12.1. The minimum Gasteiger partial charge on any atom is -0.383 e. The van der Waals surface area contributed by atoms with E-state index in [-0.39, 0.29) is 5.56 Å². The van der Waals surface area contributed by atoms with Crippen LogP contribution in [0.15, 0.2) is 27.6 Å². The summed E-state index contributed by atoms with van der Waals surface area (Å²) in [6.45, 7) is 0. The highest BCUT2D eigenvalue weighted by molar-refractivity contribution is 7.98. The van der Waals surface area contributed by atoms with Gasteiger partial charge in [-0.2, -0.15) is 0 Å². The number of rotatable bonds is 3. The third kappa shape index (κ3) is 2.70. The highest BCUT2D eigenvalue weighted by Gasteiger charge is 2.20. The van der Waals surface area contributed by atoms with Crippen LogP contribution in [0.3, 0.4) is 0 Å². The smallest absolute Gasteiger partial charge is 0.258 e. The van der Waals surface area contributed by atoms with Gasteiger partial charge in [0, 0.05) is 28.3 Å². The van der Waals surface area contributed by atoms with E-state index in [1.165, 1.54) is 46.4 Å². The highest BCUT2D eigenvalue weighted by atomic mass is 32.2. The maximum atomic E-state index is 12.1. The van der Waals surface area contributed by atoms with E-state index in [1.807, 2.05) is 5.38 Å². The first-order valence-electron chi connectivity index (χ1n) is 8.35. The van der Waals surface area contributed by atoms with Gasteiger partial charge < -0.3 is 5.73 Å². The van der Waals surface area contributed by atoms with Gasteiger partial charge in [-0.05, 0) is 31.2 Å². The Morgan fingerprint density at radius 2 is 2.12 bits per heavy atom. The van der Waals surface area contributed by atoms with Crippen molar-refractivity contribution in [3.05, 3.63) is 44.1 Å². The lowest BCUT2D eigenvalue weighted by Crippen LogP contribution is -2.12. The van der Waals surface area contributed by atoms with Crippen molar-refractivity contribution in [3.8, 4) is 0 Å². The number of hydrogen-bond acceptors (Lipinski definition) is 8. The molecule has 6 nitrogen and oxygen atoms in total. The van der Waals surface area contributed by atoms with Crippen LogP contribution in [0.5, 0.6) is 0 Å². The third-order valence-corrected chi connectivity index (χ3v) is 7.35. The second kappa shape index (κ2) is 6.33. The average molecular weight is 402 g/mol. The van der Waals surface area contributed by atoms with Crippen molar-refractivity contribution < 1.29 is 0 Å². The van der Waals surface area contributed by atoms with E-state index < -0.39 is 0 Å². The Balaban J connectivity index is 1.46. The SMILES string of the molecule is Nc1nc(SCc2cc(=O)n3ccsc3n2)nc2sc3c(c12)CCCC3. The number of aryl methyl sites for hydroxylation is 2. The highest BCUT2D eigenvalue weighted by Crippen LogP contribution is 2.38. The molecule has 0 saturated carbocycles. The molecule has 0 fully saturated rings. The Morgan fingerprint density at radius 3 is 3.04 bits per heavy atom. The molecule has 1 aliphatic rings. The fourth-order valence-electron chi connectivity index (χ4n) is 3.33. The van der Waals surface area contributed by atoms with E-state index in [2.05, 4.69) is 9.97 Å². The van der Waals surface area contributed by atoms with Crippen molar-refractivity contribution in [2.75, 3.05) is 5.73 Å². The van der Waals surface area contributed by atoms with Crippen LogP contribution < -0.4 is 11.3 Å². The van der Waals surface area contributed by atoms with Gasteiger partial charge in [-0.25, -0.2) is 15.0 Å². The molecule has 4 aromatic rings. The molecule has 0 saturated heterocycles. The molecule has 4 heterocycles. The first-order chi connectivity index (χ1) is 12.7. The van der Waals surface area contributed by atoms with Gasteiger partial charge >= 0.3 is 0 Å². The Hall–Kier alpha value is -1.97. The summed E-state index contributed by atoms with van der Waals surface area (Å²) in [4.78, 5) is 28.9. The zero-order valence-corrected chi connectivity index (χ0v) is 16.2. The van der Waals surface area contributed by atoms with Gasteiger partial charge in [0.15, 0.2) is 10.1 Å². The number of thiophene rings is 1. The topological polar surface area (TPSA) is 86.2 Å². The lowest BCUT2D eigenvalue weighted by atomic mass is 9.97. The van der Waals surface area contributed by atoms with Crippen molar-refractivity contribution >= 4 is 55.4 Å². The molecule has 0 unspecified atom stereocenters.